The number of halogens is 1. The zero-order chi connectivity index (χ0) is 18.1. The van der Waals surface area contributed by atoms with E-state index in [4.69, 9.17) is 16.3 Å². The molecule has 2 rings (SSSR count). The lowest BCUT2D eigenvalue weighted by Crippen LogP contribution is -2.38. The van der Waals surface area contributed by atoms with E-state index in [9.17, 15) is 9.59 Å². The zero-order valence-corrected chi connectivity index (χ0v) is 15.5. The van der Waals surface area contributed by atoms with E-state index in [1.54, 1.807) is 4.90 Å². The molecule has 0 saturated carbocycles. The number of hydrogen-bond donors (Lipinski definition) is 0. The fraction of sp³-hybridized carbons (Fsp3) is 0.579. The van der Waals surface area contributed by atoms with Gasteiger partial charge in [-0.05, 0) is 43.4 Å². The van der Waals surface area contributed by atoms with Gasteiger partial charge in [-0.2, -0.15) is 0 Å². The molecule has 0 bridgehead atoms. The van der Waals surface area contributed by atoms with Crippen molar-refractivity contribution >= 4 is 23.5 Å². The average Bonchev–Trinajstić information content (AvgIpc) is 3.13. The second kappa shape index (κ2) is 10.4. The van der Waals surface area contributed by atoms with E-state index < -0.39 is 0 Å². The fourth-order valence-electron chi connectivity index (χ4n) is 2.93. The van der Waals surface area contributed by atoms with Gasteiger partial charge in [0.2, 0.25) is 5.91 Å². The van der Waals surface area contributed by atoms with E-state index in [0.717, 1.165) is 37.9 Å². The number of nitrogens with zero attached hydrogens (tertiary/aromatic N) is 1. The van der Waals surface area contributed by atoms with Crippen molar-refractivity contribution in [3.05, 3.63) is 34.9 Å². The van der Waals surface area contributed by atoms with E-state index in [1.807, 2.05) is 24.3 Å². The Morgan fingerprint density at radius 1 is 1.28 bits per heavy atom. The van der Waals surface area contributed by atoms with E-state index in [2.05, 4.69) is 4.74 Å². The van der Waals surface area contributed by atoms with Crippen LogP contribution in [-0.4, -0.2) is 49.7 Å². The van der Waals surface area contributed by atoms with E-state index in [0.29, 0.717) is 24.5 Å². The quantitative estimate of drug-likeness (QED) is 0.629. The third-order valence-electron chi connectivity index (χ3n) is 4.38. The van der Waals surface area contributed by atoms with Crippen molar-refractivity contribution in [3.8, 4) is 0 Å². The Morgan fingerprint density at radius 2 is 2.04 bits per heavy atom. The van der Waals surface area contributed by atoms with Crippen molar-refractivity contribution in [2.75, 3.05) is 26.8 Å². The largest absolute Gasteiger partial charge is 0.469 e. The molecule has 1 heterocycles. The summed E-state index contributed by atoms with van der Waals surface area (Å²) in [6.07, 6.45) is 4.34. The molecular weight excluding hydrogens is 342 g/mol. The highest BCUT2D eigenvalue weighted by Crippen LogP contribution is 2.16. The lowest BCUT2D eigenvalue weighted by atomic mass is 10.1. The molecule has 0 aliphatic carbocycles. The van der Waals surface area contributed by atoms with Gasteiger partial charge in [0.05, 0.1) is 19.6 Å². The number of carbonyl (C=O) groups excluding carboxylic acids is 2. The summed E-state index contributed by atoms with van der Waals surface area (Å²) in [5.74, 6) is -0.236. The maximum Gasteiger partial charge on any atom is 0.307 e. The van der Waals surface area contributed by atoms with Crippen molar-refractivity contribution in [3.63, 3.8) is 0 Å². The second-order valence-corrected chi connectivity index (χ2v) is 6.72. The minimum atomic E-state index is -0.300. The molecule has 0 radical (unpaired) electrons. The molecule has 1 saturated heterocycles. The topological polar surface area (TPSA) is 55.8 Å². The minimum Gasteiger partial charge on any atom is -0.469 e. The fourth-order valence-corrected chi connectivity index (χ4v) is 3.06. The van der Waals surface area contributed by atoms with Crippen LogP contribution >= 0.6 is 11.6 Å². The highest BCUT2D eigenvalue weighted by atomic mass is 35.5. The maximum atomic E-state index is 12.6. The Kier molecular flexibility index (Phi) is 8.22. The minimum absolute atomic E-state index is 0.0633. The van der Waals surface area contributed by atoms with Crippen molar-refractivity contribution in [1.29, 1.82) is 0 Å². The average molecular weight is 368 g/mol. The molecule has 1 aromatic rings. The van der Waals surface area contributed by atoms with Crippen LogP contribution in [0, 0.1) is 0 Å². The number of benzene rings is 1. The number of carbonyl (C=O) groups is 2. The molecule has 25 heavy (non-hydrogen) atoms. The molecule has 1 aliphatic heterocycles. The predicted molar refractivity (Wildman–Crippen MR) is 96.6 cm³/mol. The second-order valence-electron chi connectivity index (χ2n) is 6.28. The number of esters is 1. The van der Waals surface area contributed by atoms with Crippen molar-refractivity contribution < 1.29 is 19.1 Å². The molecule has 1 aromatic carbocycles. The smallest absolute Gasteiger partial charge is 0.307 e. The Labute approximate surface area is 154 Å². The van der Waals surface area contributed by atoms with Crippen LogP contribution in [0.3, 0.4) is 0 Å². The van der Waals surface area contributed by atoms with E-state index in [1.165, 1.54) is 7.11 Å². The molecule has 1 atom stereocenters. The molecule has 1 unspecified atom stereocenters. The number of methoxy groups -OCH3 is 1. The highest BCUT2D eigenvalue weighted by molar-refractivity contribution is 6.30. The van der Waals surface area contributed by atoms with Crippen LogP contribution in [0.4, 0.5) is 0 Å². The van der Waals surface area contributed by atoms with Gasteiger partial charge in [-0.1, -0.05) is 23.7 Å². The molecule has 0 aromatic heterocycles. The Morgan fingerprint density at radius 3 is 2.68 bits per heavy atom. The number of amides is 1. The van der Waals surface area contributed by atoms with Gasteiger partial charge in [-0.3, -0.25) is 9.59 Å². The van der Waals surface area contributed by atoms with Crippen LogP contribution in [-0.2, 0) is 25.5 Å². The molecule has 1 amide bonds. The summed E-state index contributed by atoms with van der Waals surface area (Å²) in [5, 5.41) is 0.713. The summed E-state index contributed by atoms with van der Waals surface area (Å²) in [6.45, 7) is 1.68. The lowest BCUT2D eigenvalue weighted by Gasteiger charge is -2.25. The van der Waals surface area contributed by atoms with Crippen LogP contribution in [0.25, 0.3) is 0 Å². The predicted octanol–water partition coefficient (Wildman–Crippen LogP) is 3.23. The van der Waals surface area contributed by atoms with Crippen LogP contribution in [0.1, 0.15) is 37.7 Å². The summed E-state index contributed by atoms with van der Waals surface area (Å²) in [6, 6.07) is 7.68. The van der Waals surface area contributed by atoms with Crippen molar-refractivity contribution in [1.82, 2.24) is 4.90 Å². The van der Waals surface area contributed by atoms with Gasteiger partial charge in [0, 0.05) is 31.1 Å². The molecule has 1 fully saturated rings. The first-order valence-electron chi connectivity index (χ1n) is 8.79. The summed E-state index contributed by atoms with van der Waals surface area (Å²) in [7, 11) is 1.36. The Balaban J connectivity index is 1.82. The zero-order valence-electron chi connectivity index (χ0n) is 14.7. The summed E-state index contributed by atoms with van der Waals surface area (Å²) in [4.78, 5) is 25.7. The molecular formula is C19H26ClNO4. The van der Waals surface area contributed by atoms with Gasteiger partial charge in [0.15, 0.2) is 0 Å². The third kappa shape index (κ3) is 7.04. The van der Waals surface area contributed by atoms with Gasteiger partial charge in [-0.25, -0.2) is 0 Å². The number of ether oxygens (including phenoxy) is 2. The summed E-state index contributed by atoms with van der Waals surface area (Å²) >= 11 is 5.88. The van der Waals surface area contributed by atoms with Gasteiger partial charge in [0.25, 0.3) is 0 Å². The van der Waals surface area contributed by atoms with E-state index >= 15 is 0 Å². The van der Waals surface area contributed by atoms with Crippen LogP contribution < -0.4 is 0 Å². The van der Waals surface area contributed by atoms with Gasteiger partial charge in [0.1, 0.15) is 0 Å². The SMILES string of the molecule is COC(=O)CCN(CC1CCCO1)C(=O)CCCc1ccc(Cl)cc1. The van der Waals surface area contributed by atoms with Crippen LogP contribution in [0.2, 0.25) is 5.02 Å². The van der Waals surface area contributed by atoms with Gasteiger partial charge < -0.3 is 14.4 Å². The standard InChI is InChI=1S/C19H26ClNO4/c1-24-19(23)11-12-21(14-17-5-3-13-25-17)18(22)6-2-4-15-7-9-16(20)10-8-15/h7-10,17H,2-6,11-14H2,1H3. The Hall–Kier alpha value is -1.59. The van der Waals surface area contributed by atoms with Gasteiger partial charge in [-0.15, -0.1) is 0 Å². The molecule has 6 heteroatoms. The van der Waals surface area contributed by atoms with Crippen LogP contribution in [0.15, 0.2) is 24.3 Å². The molecule has 5 nitrogen and oxygen atoms in total. The monoisotopic (exact) mass is 367 g/mol. The van der Waals surface area contributed by atoms with Crippen molar-refractivity contribution in [2.24, 2.45) is 0 Å². The summed E-state index contributed by atoms with van der Waals surface area (Å²) in [5.41, 5.74) is 1.16. The number of aryl methyl sites for hydroxylation is 1. The first kappa shape index (κ1) is 19.7. The Bertz CT molecular complexity index is 555. The highest BCUT2D eigenvalue weighted by Gasteiger charge is 2.23. The normalized spacial score (nSPS) is 16.6. The van der Waals surface area contributed by atoms with Crippen molar-refractivity contribution in [2.45, 2.75) is 44.6 Å². The number of hydrogen-bond acceptors (Lipinski definition) is 4. The molecule has 0 N–H and O–H groups in total. The first-order chi connectivity index (χ1) is 12.1. The third-order valence-corrected chi connectivity index (χ3v) is 4.64. The molecule has 0 spiro atoms. The molecule has 138 valence electrons. The molecule has 1 aliphatic rings. The van der Waals surface area contributed by atoms with E-state index in [-0.39, 0.29) is 24.4 Å². The summed E-state index contributed by atoms with van der Waals surface area (Å²) < 4.78 is 10.3. The van der Waals surface area contributed by atoms with Gasteiger partial charge >= 0.3 is 5.97 Å². The lowest BCUT2D eigenvalue weighted by molar-refractivity contribution is -0.142. The van der Waals surface area contributed by atoms with Crippen LogP contribution in [0.5, 0.6) is 0 Å². The number of rotatable bonds is 9. The first-order valence-corrected chi connectivity index (χ1v) is 9.17. The maximum absolute atomic E-state index is 12.6.